The summed E-state index contributed by atoms with van der Waals surface area (Å²) in [5.74, 6) is -1.84. The molecule has 3 saturated heterocycles. The van der Waals surface area contributed by atoms with E-state index in [1.165, 1.54) is 17.7 Å². The van der Waals surface area contributed by atoms with Crippen LogP contribution in [0.3, 0.4) is 0 Å². The minimum absolute atomic E-state index is 0.0490. The smallest absolute Gasteiger partial charge is 0.353 e. The van der Waals surface area contributed by atoms with Crippen molar-refractivity contribution in [2.45, 2.75) is 62.6 Å². The van der Waals surface area contributed by atoms with Crippen LogP contribution in [0.1, 0.15) is 33.1 Å². The van der Waals surface area contributed by atoms with Gasteiger partial charge in [-0.15, -0.1) is 11.8 Å². The van der Waals surface area contributed by atoms with Crippen molar-refractivity contribution in [3.8, 4) is 0 Å². The molecular weight excluding hydrogens is 354 g/mol. The first kappa shape index (κ1) is 18.3. The van der Waals surface area contributed by atoms with Gasteiger partial charge in [0.2, 0.25) is 5.91 Å². The van der Waals surface area contributed by atoms with E-state index in [1.54, 1.807) is 18.7 Å². The number of carboxylic acids is 1. The van der Waals surface area contributed by atoms with E-state index in [1.807, 2.05) is 6.92 Å². The lowest BCUT2D eigenvalue weighted by atomic mass is 9.79. The number of thioether (sulfide) groups is 1. The van der Waals surface area contributed by atoms with Crippen molar-refractivity contribution in [1.82, 2.24) is 15.5 Å². The Hall–Kier alpha value is -1.09. The third kappa shape index (κ3) is 2.78. The fourth-order valence-corrected chi connectivity index (χ4v) is 6.54. The number of carboxylic acid groups (broad SMARTS) is 1. The summed E-state index contributed by atoms with van der Waals surface area (Å²) in [7, 11) is 0. The number of amides is 1. The van der Waals surface area contributed by atoms with Crippen molar-refractivity contribution in [3.63, 3.8) is 0 Å². The standard InChI is InChI=1S/C18H27N3O4S/c1-8-14-13(9(2)22)17(23)21(14)15(18(24)25)16(8)26-10-6-12(20-7-10)11-4-3-5-19-11/h8-14,19-20,22H,3-7H2,1-2H3,(H,24,25)/t8-,9-,10+,11?,12+,13-,14-/m1/s1. The van der Waals surface area contributed by atoms with Crippen LogP contribution in [0.5, 0.6) is 0 Å². The van der Waals surface area contributed by atoms with Gasteiger partial charge >= 0.3 is 5.97 Å². The molecule has 4 aliphatic rings. The van der Waals surface area contributed by atoms with Crippen molar-refractivity contribution in [2.24, 2.45) is 11.8 Å². The highest BCUT2D eigenvalue weighted by molar-refractivity contribution is 8.03. The highest BCUT2D eigenvalue weighted by atomic mass is 32.2. The van der Waals surface area contributed by atoms with Gasteiger partial charge in [-0.05, 0) is 32.7 Å². The van der Waals surface area contributed by atoms with E-state index in [2.05, 4.69) is 10.6 Å². The van der Waals surface area contributed by atoms with Gasteiger partial charge in [-0.1, -0.05) is 6.92 Å². The third-order valence-corrected chi connectivity index (χ3v) is 7.82. The molecule has 4 heterocycles. The van der Waals surface area contributed by atoms with Gasteiger partial charge < -0.3 is 25.7 Å². The lowest BCUT2D eigenvalue weighted by Crippen LogP contribution is -2.63. The van der Waals surface area contributed by atoms with E-state index in [9.17, 15) is 19.8 Å². The number of β-lactam (4-membered cyclic amide) rings is 1. The predicted octanol–water partition coefficient (Wildman–Crippen LogP) is 0.356. The van der Waals surface area contributed by atoms with E-state index in [0.29, 0.717) is 17.3 Å². The maximum Gasteiger partial charge on any atom is 0.353 e. The summed E-state index contributed by atoms with van der Waals surface area (Å²) in [4.78, 5) is 26.5. The van der Waals surface area contributed by atoms with E-state index in [4.69, 9.17) is 0 Å². The molecule has 144 valence electrons. The average molecular weight is 381 g/mol. The van der Waals surface area contributed by atoms with Gasteiger partial charge in [0.15, 0.2) is 0 Å². The topological polar surface area (TPSA) is 102 Å². The highest BCUT2D eigenvalue weighted by Gasteiger charge is 2.60. The molecule has 4 rings (SSSR count). The van der Waals surface area contributed by atoms with Gasteiger partial charge in [0, 0.05) is 34.7 Å². The van der Waals surface area contributed by atoms with Crippen LogP contribution >= 0.6 is 11.8 Å². The summed E-state index contributed by atoms with van der Waals surface area (Å²) in [5, 5.41) is 27.1. The van der Waals surface area contributed by atoms with E-state index in [0.717, 1.165) is 24.4 Å². The fourth-order valence-electron chi connectivity index (χ4n) is 5.04. The first-order chi connectivity index (χ1) is 12.4. The van der Waals surface area contributed by atoms with E-state index >= 15 is 0 Å². The zero-order chi connectivity index (χ0) is 18.6. The van der Waals surface area contributed by atoms with Gasteiger partial charge in [0.1, 0.15) is 5.70 Å². The minimum atomic E-state index is -1.04. The molecule has 4 aliphatic heterocycles. The lowest BCUT2D eigenvalue weighted by Gasteiger charge is -2.46. The second kappa shape index (κ2) is 6.82. The highest BCUT2D eigenvalue weighted by Crippen LogP contribution is 2.51. The normalized spacial score (nSPS) is 40.7. The van der Waals surface area contributed by atoms with E-state index < -0.39 is 18.0 Å². The number of nitrogens with one attached hydrogen (secondary N) is 2. The molecule has 0 saturated carbocycles. The van der Waals surface area contributed by atoms with Crippen molar-refractivity contribution < 1.29 is 19.8 Å². The van der Waals surface area contributed by atoms with Crippen LogP contribution in [0.25, 0.3) is 0 Å². The summed E-state index contributed by atoms with van der Waals surface area (Å²) in [6.07, 6.45) is 2.65. The Kier molecular flexibility index (Phi) is 4.79. The molecule has 26 heavy (non-hydrogen) atoms. The number of hydrogen-bond acceptors (Lipinski definition) is 6. The van der Waals surface area contributed by atoms with Crippen molar-refractivity contribution in [1.29, 1.82) is 0 Å². The molecule has 0 aliphatic carbocycles. The number of aliphatic hydroxyl groups excluding tert-OH is 1. The molecule has 3 fully saturated rings. The van der Waals surface area contributed by atoms with E-state index in [-0.39, 0.29) is 23.6 Å². The first-order valence-corrected chi connectivity index (χ1v) is 10.4. The molecule has 7 atom stereocenters. The molecule has 1 amide bonds. The maximum absolute atomic E-state index is 12.4. The minimum Gasteiger partial charge on any atom is -0.477 e. The molecule has 0 bridgehead atoms. The summed E-state index contributed by atoms with van der Waals surface area (Å²) < 4.78 is 0. The van der Waals surface area contributed by atoms with Crippen LogP contribution in [0.4, 0.5) is 0 Å². The second-order valence-corrected chi connectivity index (χ2v) is 9.31. The monoisotopic (exact) mass is 381 g/mol. The fraction of sp³-hybridized carbons (Fsp3) is 0.778. The summed E-state index contributed by atoms with van der Waals surface area (Å²) in [5.41, 5.74) is 0.136. The van der Waals surface area contributed by atoms with Gasteiger partial charge in [-0.2, -0.15) is 0 Å². The number of carbonyl (C=O) groups excluding carboxylic acids is 1. The predicted molar refractivity (Wildman–Crippen MR) is 98.4 cm³/mol. The van der Waals surface area contributed by atoms with Crippen molar-refractivity contribution >= 4 is 23.6 Å². The number of aliphatic carboxylic acids is 1. The molecule has 0 aromatic heterocycles. The van der Waals surface area contributed by atoms with Crippen molar-refractivity contribution in [2.75, 3.05) is 13.1 Å². The van der Waals surface area contributed by atoms with Crippen LogP contribution in [0, 0.1) is 11.8 Å². The van der Waals surface area contributed by atoms with Gasteiger partial charge in [0.25, 0.3) is 0 Å². The average Bonchev–Trinajstić information content (AvgIpc) is 3.28. The molecule has 8 heteroatoms. The zero-order valence-corrected chi connectivity index (χ0v) is 16.0. The van der Waals surface area contributed by atoms with Crippen LogP contribution in [-0.4, -0.2) is 69.6 Å². The largest absolute Gasteiger partial charge is 0.477 e. The SMILES string of the molecule is C[C@@H](O)[C@H]1C(=O)N2C(C(=O)O)=C(S[C@@H]3CN[C@H](C4CCCN4)C3)[C@H](C)[C@H]12. The molecule has 0 aromatic carbocycles. The Morgan fingerprint density at radius 3 is 2.73 bits per heavy atom. The number of aliphatic hydroxyl groups is 1. The quantitative estimate of drug-likeness (QED) is 0.510. The Balaban J connectivity index is 1.50. The summed E-state index contributed by atoms with van der Waals surface area (Å²) in [6, 6.07) is 0.720. The number of rotatable bonds is 5. The van der Waals surface area contributed by atoms with Gasteiger partial charge in [-0.3, -0.25) is 4.79 Å². The number of nitrogens with zero attached hydrogens (tertiary/aromatic N) is 1. The number of fused-ring (bicyclic) bond motifs is 1. The molecule has 0 aromatic rings. The Bertz CT molecular complexity index is 646. The third-order valence-electron chi connectivity index (χ3n) is 6.31. The molecule has 0 spiro atoms. The maximum atomic E-state index is 12.4. The summed E-state index contributed by atoms with van der Waals surface area (Å²) in [6.45, 7) is 5.52. The molecule has 0 radical (unpaired) electrons. The van der Waals surface area contributed by atoms with Crippen LogP contribution in [0.2, 0.25) is 0 Å². The number of hydrogen-bond donors (Lipinski definition) is 4. The van der Waals surface area contributed by atoms with Gasteiger partial charge in [0.05, 0.1) is 18.1 Å². The van der Waals surface area contributed by atoms with Crippen LogP contribution < -0.4 is 10.6 Å². The molecule has 7 nitrogen and oxygen atoms in total. The Labute approximate surface area is 157 Å². The summed E-state index contributed by atoms with van der Waals surface area (Å²) >= 11 is 1.62. The zero-order valence-electron chi connectivity index (χ0n) is 15.1. The Morgan fingerprint density at radius 2 is 2.12 bits per heavy atom. The first-order valence-electron chi connectivity index (χ1n) is 9.52. The van der Waals surface area contributed by atoms with Crippen molar-refractivity contribution in [3.05, 3.63) is 10.6 Å². The number of carbonyl (C=O) groups is 2. The van der Waals surface area contributed by atoms with Crippen LogP contribution in [0.15, 0.2) is 10.6 Å². The molecular formula is C18H27N3O4S. The van der Waals surface area contributed by atoms with Gasteiger partial charge in [-0.25, -0.2) is 4.79 Å². The molecule has 1 unspecified atom stereocenters. The molecule has 4 N–H and O–H groups in total. The lowest BCUT2D eigenvalue weighted by molar-refractivity contribution is -0.163. The second-order valence-electron chi connectivity index (χ2n) is 7.97. The van der Waals surface area contributed by atoms with Crippen LogP contribution in [-0.2, 0) is 9.59 Å². The Morgan fingerprint density at radius 1 is 1.35 bits per heavy atom.